The Morgan fingerprint density at radius 3 is 2.48 bits per heavy atom. The molecule has 1 atom stereocenters. The molecule has 1 unspecified atom stereocenters. The molecule has 4 nitrogen and oxygen atoms in total. The van der Waals surface area contributed by atoms with Crippen molar-refractivity contribution in [3.8, 4) is 5.75 Å². The van der Waals surface area contributed by atoms with Crippen LogP contribution in [-0.2, 0) is 16.6 Å². The van der Waals surface area contributed by atoms with Crippen molar-refractivity contribution in [3.63, 3.8) is 0 Å². The Balaban J connectivity index is 2.07. The molecule has 2 aromatic carbocycles. The molecular formula is C21H25NO3. The van der Waals surface area contributed by atoms with Gasteiger partial charge in [-0.3, -0.25) is 4.79 Å². The van der Waals surface area contributed by atoms with E-state index in [9.17, 15) is 9.90 Å². The predicted molar refractivity (Wildman–Crippen MR) is 99.7 cm³/mol. The highest BCUT2D eigenvalue weighted by Crippen LogP contribution is 2.37. The first kappa shape index (κ1) is 17.3. The van der Waals surface area contributed by atoms with Crippen LogP contribution in [0.1, 0.15) is 37.0 Å². The number of benzene rings is 2. The first-order valence-electron chi connectivity index (χ1n) is 8.77. The van der Waals surface area contributed by atoms with E-state index in [-0.39, 0.29) is 0 Å². The maximum Gasteiger partial charge on any atom is 0.318 e. The van der Waals surface area contributed by atoms with Gasteiger partial charge >= 0.3 is 5.97 Å². The number of methoxy groups -OCH3 is 1. The molecule has 4 heteroatoms. The van der Waals surface area contributed by atoms with Crippen LogP contribution in [0.25, 0.3) is 0 Å². The maximum atomic E-state index is 12.2. The van der Waals surface area contributed by atoms with Crippen molar-refractivity contribution >= 4 is 11.7 Å². The topological polar surface area (TPSA) is 49.8 Å². The highest BCUT2D eigenvalue weighted by molar-refractivity contribution is 5.86. The average Bonchev–Trinajstić information content (AvgIpc) is 2.66. The van der Waals surface area contributed by atoms with E-state index in [1.54, 1.807) is 14.0 Å². The van der Waals surface area contributed by atoms with Crippen LogP contribution in [0.15, 0.2) is 42.5 Å². The van der Waals surface area contributed by atoms with Crippen LogP contribution in [0.3, 0.4) is 0 Å². The first-order valence-corrected chi connectivity index (χ1v) is 8.77. The molecule has 25 heavy (non-hydrogen) atoms. The Morgan fingerprint density at radius 1 is 1.20 bits per heavy atom. The number of rotatable bonds is 5. The van der Waals surface area contributed by atoms with Gasteiger partial charge in [-0.15, -0.1) is 0 Å². The molecule has 0 saturated carbocycles. The van der Waals surface area contributed by atoms with Gasteiger partial charge in [-0.25, -0.2) is 0 Å². The van der Waals surface area contributed by atoms with Gasteiger partial charge in [-0.1, -0.05) is 24.3 Å². The summed E-state index contributed by atoms with van der Waals surface area (Å²) in [6, 6.07) is 13.4. The summed E-state index contributed by atoms with van der Waals surface area (Å²) in [5.41, 5.74) is 2.97. The lowest BCUT2D eigenvalue weighted by Crippen LogP contribution is -2.34. The van der Waals surface area contributed by atoms with Crippen molar-refractivity contribution in [2.75, 3.05) is 25.1 Å². The fourth-order valence-electron chi connectivity index (χ4n) is 3.65. The van der Waals surface area contributed by atoms with Gasteiger partial charge in [0.15, 0.2) is 0 Å². The predicted octanol–water partition coefficient (Wildman–Crippen LogP) is 3.86. The molecule has 1 aliphatic rings. The second kappa shape index (κ2) is 6.79. The zero-order valence-corrected chi connectivity index (χ0v) is 15.1. The van der Waals surface area contributed by atoms with Gasteiger partial charge in [0, 0.05) is 18.8 Å². The Labute approximate surface area is 149 Å². The number of nitrogens with zero attached hydrogens (tertiary/aromatic N) is 1. The minimum Gasteiger partial charge on any atom is -0.497 e. The standard InChI is InChI=1S/C21H25NO3/c1-4-22-13-5-6-15-14-17(9-12-19(15)22)21(2,20(23)24)16-7-10-18(25-3)11-8-16/h7-12,14H,4-6,13H2,1-3H3,(H,23,24). The molecular weight excluding hydrogens is 314 g/mol. The highest BCUT2D eigenvalue weighted by atomic mass is 16.5. The van der Waals surface area contributed by atoms with Gasteiger partial charge in [0.2, 0.25) is 0 Å². The molecule has 0 fully saturated rings. The lowest BCUT2D eigenvalue weighted by Gasteiger charge is -2.33. The van der Waals surface area contributed by atoms with E-state index in [0.29, 0.717) is 0 Å². The Bertz CT molecular complexity index is 769. The number of aryl methyl sites for hydroxylation is 1. The molecule has 1 aliphatic heterocycles. The summed E-state index contributed by atoms with van der Waals surface area (Å²) in [6.07, 6.45) is 2.11. The van der Waals surface area contributed by atoms with Crippen LogP contribution in [0.2, 0.25) is 0 Å². The van der Waals surface area contributed by atoms with Gasteiger partial charge in [0.25, 0.3) is 0 Å². The normalized spacial score (nSPS) is 16.0. The van der Waals surface area contributed by atoms with Crippen molar-refractivity contribution in [1.29, 1.82) is 0 Å². The van der Waals surface area contributed by atoms with Crippen LogP contribution in [-0.4, -0.2) is 31.3 Å². The number of carboxylic acids is 1. The minimum absolute atomic E-state index is 0.723. The zero-order valence-electron chi connectivity index (χ0n) is 15.1. The number of hydrogen-bond donors (Lipinski definition) is 1. The van der Waals surface area contributed by atoms with E-state index in [2.05, 4.69) is 24.0 Å². The molecule has 3 rings (SSSR count). The van der Waals surface area contributed by atoms with E-state index < -0.39 is 11.4 Å². The SMILES string of the molecule is CCN1CCCc2cc(C(C)(C(=O)O)c3ccc(OC)cc3)ccc21. The molecule has 0 spiro atoms. The number of carboxylic acid groups (broad SMARTS) is 1. The molecule has 1 heterocycles. The third kappa shape index (κ3) is 2.97. The molecule has 0 aromatic heterocycles. The van der Waals surface area contributed by atoms with Crippen LogP contribution >= 0.6 is 0 Å². The molecule has 132 valence electrons. The van der Waals surface area contributed by atoms with Gasteiger partial charge < -0.3 is 14.7 Å². The molecule has 0 bridgehead atoms. The van der Waals surface area contributed by atoms with Crippen molar-refractivity contribution in [1.82, 2.24) is 0 Å². The van der Waals surface area contributed by atoms with E-state index in [4.69, 9.17) is 4.74 Å². The van der Waals surface area contributed by atoms with Crippen LogP contribution in [0, 0.1) is 0 Å². The van der Waals surface area contributed by atoms with Crippen LogP contribution < -0.4 is 9.64 Å². The number of anilines is 1. The van der Waals surface area contributed by atoms with E-state index in [1.165, 1.54) is 11.3 Å². The average molecular weight is 339 g/mol. The monoisotopic (exact) mass is 339 g/mol. The van der Waals surface area contributed by atoms with E-state index in [0.717, 1.165) is 42.8 Å². The quantitative estimate of drug-likeness (QED) is 0.899. The summed E-state index contributed by atoms with van der Waals surface area (Å²) in [6.45, 7) is 5.97. The molecule has 1 N–H and O–H groups in total. The lowest BCUT2D eigenvalue weighted by molar-refractivity contribution is -0.141. The molecule has 2 aromatic rings. The molecule has 0 amide bonds. The maximum absolute atomic E-state index is 12.2. The summed E-state index contributed by atoms with van der Waals surface area (Å²) in [5.74, 6) is -0.124. The second-order valence-corrected chi connectivity index (χ2v) is 6.69. The summed E-state index contributed by atoms with van der Waals surface area (Å²) in [7, 11) is 1.61. The van der Waals surface area contributed by atoms with Gasteiger partial charge in [0.1, 0.15) is 11.2 Å². The lowest BCUT2D eigenvalue weighted by atomic mass is 9.75. The van der Waals surface area contributed by atoms with Crippen molar-refractivity contribution in [2.45, 2.75) is 32.1 Å². The Kier molecular flexibility index (Phi) is 4.71. The van der Waals surface area contributed by atoms with Crippen molar-refractivity contribution in [2.24, 2.45) is 0 Å². The Morgan fingerprint density at radius 2 is 1.88 bits per heavy atom. The van der Waals surface area contributed by atoms with E-state index in [1.807, 2.05) is 30.3 Å². The smallest absolute Gasteiger partial charge is 0.318 e. The van der Waals surface area contributed by atoms with Gasteiger partial charge in [-0.2, -0.15) is 0 Å². The van der Waals surface area contributed by atoms with Gasteiger partial charge in [0.05, 0.1) is 7.11 Å². The molecule has 0 radical (unpaired) electrons. The minimum atomic E-state index is -1.09. The molecule has 0 aliphatic carbocycles. The summed E-state index contributed by atoms with van der Waals surface area (Å²) < 4.78 is 5.19. The van der Waals surface area contributed by atoms with Crippen molar-refractivity contribution in [3.05, 3.63) is 59.2 Å². The summed E-state index contributed by atoms with van der Waals surface area (Å²) >= 11 is 0. The first-order chi connectivity index (χ1) is 12.0. The third-order valence-electron chi connectivity index (χ3n) is 5.35. The highest BCUT2D eigenvalue weighted by Gasteiger charge is 2.38. The summed E-state index contributed by atoms with van der Waals surface area (Å²) in [5, 5.41) is 10.0. The Hall–Kier alpha value is -2.49. The van der Waals surface area contributed by atoms with Crippen molar-refractivity contribution < 1.29 is 14.6 Å². The fraction of sp³-hybridized carbons (Fsp3) is 0.381. The van der Waals surface area contributed by atoms with E-state index >= 15 is 0 Å². The van der Waals surface area contributed by atoms with Crippen LogP contribution in [0.5, 0.6) is 5.75 Å². The number of aliphatic carboxylic acids is 1. The number of ether oxygens (including phenoxy) is 1. The van der Waals surface area contributed by atoms with Crippen LogP contribution in [0.4, 0.5) is 5.69 Å². The third-order valence-corrected chi connectivity index (χ3v) is 5.35. The van der Waals surface area contributed by atoms with Gasteiger partial charge in [-0.05, 0) is 61.6 Å². The largest absolute Gasteiger partial charge is 0.497 e. The zero-order chi connectivity index (χ0) is 18.0. The number of carbonyl (C=O) groups is 1. The second-order valence-electron chi connectivity index (χ2n) is 6.69. The molecule has 0 saturated heterocycles. The fourth-order valence-corrected chi connectivity index (χ4v) is 3.65. The number of hydrogen-bond acceptors (Lipinski definition) is 3. The number of fused-ring (bicyclic) bond motifs is 1. The summed E-state index contributed by atoms with van der Waals surface area (Å²) in [4.78, 5) is 14.6.